The lowest BCUT2D eigenvalue weighted by atomic mass is 10.1. The van der Waals surface area contributed by atoms with Crippen LogP contribution in [0.2, 0.25) is 0 Å². The minimum atomic E-state index is -0.470. The number of ether oxygens (including phenoxy) is 2. The van der Waals surface area contributed by atoms with E-state index in [2.05, 4.69) is 5.32 Å². The number of piperidine rings is 1. The van der Waals surface area contributed by atoms with Crippen LogP contribution in [0.4, 0.5) is 0 Å². The maximum Gasteiger partial charge on any atom is 0.335 e. The topological polar surface area (TPSA) is 47.6 Å². The number of carbonyl (C=O) groups excluding carboxylic acids is 1. The molecule has 1 heterocycles. The molecular formula is C12H23NO3. The van der Waals surface area contributed by atoms with Crippen LogP contribution in [0, 0.1) is 0 Å². The molecule has 0 aromatic rings. The average Bonchev–Trinajstić information content (AvgIpc) is 2.16. The molecule has 4 nitrogen and oxygen atoms in total. The molecule has 4 heteroatoms. The Hall–Kier alpha value is -0.610. The fourth-order valence-electron chi connectivity index (χ4n) is 1.66. The van der Waals surface area contributed by atoms with Gasteiger partial charge in [0.15, 0.2) is 6.10 Å². The van der Waals surface area contributed by atoms with Gasteiger partial charge in [-0.05, 0) is 53.6 Å². The predicted octanol–water partition coefficient (Wildman–Crippen LogP) is 1.49. The van der Waals surface area contributed by atoms with E-state index in [1.54, 1.807) is 6.92 Å². The zero-order chi connectivity index (χ0) is 12.2. The van der Waals surface area contributed by atoms with E-state index in [0.29, 0.717) is 0 Å². The van der Waals surface area contributed by atoms with Crippen molar-refractivity contribution in [1.29, 1.82) is 0 Å². The standard InChI is InChI=1S/C12H23NO3/c1-9(11(14)16-12(2,3)4)15-10-5-7-13-8-6-10/h9-10,13H,5-8H2,1-4H3. The normalized spacial score (nSPS) is 20.5. The zero-order valence-corrected chi connectivity index (χ0v) is 10.7. The molecule has 0 spiro atoms. The quantitative estimate of drug-likeness (QED) is 0.745. The Morgan fingerprint density at radius 1 is 1.31 bits per heavy atom. The Morgan fingerprint density at radius 2 is 1.88 bits per heavy atom. The minimum absolute atomic E-state index is 0.184. The van der Waals surface area contributed by atoms with Gasteiger partial charge in [-0.15, -0.1) is 0 Å². The highest BCUT2D eigenvalue weighted by molar-refractivity contribution is 5.74. The van der Waals surface area contributed by atoms with E-state index in [9.17, 15) is 4.79 Å². The van der Waals surface area contributed by atoms with E-state index in [1.165, 1.54) is 0 Å². The van der Waals surface area contributed by atoms with Gasteiger partial charge < -0.3 is 14.8 Å². The van der Waals surface area contributed by atoms with Crippen LogP contribution in [-0.4, -0.2) is 36.9 Å². The highest BCUT2D eigenvalue weighted by Gasteiger charge is 2.25. The number of carbonyl (C=O) groups is 1. The lowest BCUT2D eigenvalue weighted by Gasteiger charge is -2.27. The van der Waals surface area contributed by atoms with Gasteiger partial charge in [0, 0.05) is 0 Å². The Morgan fingerprint density at radius 3 is 2.38 bits per heavy atom. The van der Waals surface area contributed by atoms with Crippen LogP contribution in [0.1, 0.15) is 40.5 Å². The molecule has 1 saturated heterocycles. The molecule has 0 aromatic carbocycles. The van der Waals surface area contributed by atoms with Crippen LogP contribution in [0.3, 0.4) is 0 Å². The number of nitrogens with one attached hydrogen (secondary N) is 1. The first-order chi connectivity index (χ1) is 7.38. The predicted molar refractivity (Wildman–Crippen MR) is 62.3 cm³/mol. The second-order valence-corrected chi connectivity index (χ2v) is 5.26. The molecule has 1 N–H and O–H groups in total. The lowest BCUT2D eigenvalue weighted by Crippen LogP contribution is -2.38. The van der Waals surface area contributed by atoms with Gasteiger partial charge in [0.25, 0.3) is 0 Å². The molecular weight excluding hydrogens is 206 g/mol. The highest BCUT2D eigenvalue weighted by atomic mass is 16.6. The fraction of sp³-hybridized carbons (Fsp3) is 0.917. The number of rotatable bonds is 3. The monoisotopic (exact) mass is 229 g/mol. The molecule has 0 aliphatic carbocycles. The van der Waals surface area contributed by atoms with Crippen LogP contribution in [0.25, 0.3) is 0 Å². The van der Waals surface area contributed by atoms with E-state index in [-0.39, 0.29) is 12.1 Å². The van der Waals surface area contributed by atoms with Crippen molar-refractivity contribution >= 4 is 5.97 Å². The van der Waals surface area contributed by atoms with Crippen molar-refractivity contribution in [2.24, 2.45) is 0 Å². The molecule has 16 heavy (non-hydrogen) atoms. The number of esters is 1. The van der Waals surface area contributed by atoms with Gasteiger partial charge in [0.1, 0.15) is 5.60 Å². The minimum Gasteiger partial charge on any atom is -0.458 e. The maximum absolute atomic E-state index is 11.7. The molecule has 1 aliphatic rings. The van der Waals surface area contributed by atoms with Gasteiger partial charge in [-0.2, -0.15) is 0 Å². The molecule has 0 bridgehead atoms. The Labute approximate surface area is 97.7 Å². The summed E-state index contributed by atoms with van der Waals surface area (Å²) in [4.78, 5) is 11.7. The van der Waals surface area contributed by atoms with Crippen molar-refractivity contribution in [1.82, 2.24) is 5.32 Å². The Bertz CT molecular complexity index is 229. The molecule has 0 aromatic heterocycles. The van der Waals surface area contributed by atoms with Crippen molar-refractivity contribution in [3.05, 3.63) is 0 Å². The second kappa shape index (κ2) is 5.64. The maximum atomic E-state index is 11.7. The highest BCUT2D eigenvalue weighted by Crippen LogP contribution is 2.14. The van der Waals surface area contributed by atoms with Crippen LogP contribution < -0.4 is 5.32 Å². The smallest absolute Gasteiger partial charge is 0.335 e. The molecule has 94 valence electrons. The first kappa shape index (κ1) is 13.5. The number of hydrogen-bond acceptors (Lipinski definition) is 4. The summed E-state index contributed by atoms with van der Waals surface area (Å²) in [5.41, 5.74) is -0.442. The van der Waals surface area contributed by atoms with Gasteiger partial charge in [-0.1, -0.05) is 0 Å². The van der Waals surface area contributed by atoms with Gasteiger partial charge in [0.05, 0.1) is 6.10 Å². The molecule has 1 aliphatic heterocycles. The van der Waals surface area contributed by atoms with E-state index < -0.39 is 11.7 Å². The molecule has 1 fully saturated rings. The van der Waals surface area contributed by atoms with E-state index in [0.717, 1.165) is 25.9 Å². The third kappa shape index (κ3) is 4.94. The molecule has 1 atom stereocenters. The van der Waals surface area contributed by atoms with Crippen LogP contribution >= 0.6 is 0 Å². The Balaban J connectivity index is 2.33. The van der Waals surface area contributed by atoms with E-state index in [1.807, 2.05) is 20.8 Å². The molecule has 0 radical (unpaired) electrons. The summed E-state index contributed by atoms with van der Waals surface area (Å²) in [5.74, 6) is -0.272. The van der Waals surface area contributed by atoms with Gasteiger partial charge in [-0.3, -0.25) is 0 Å². The SMILES string of the molecule is CC(OC1CCNCC1)C(=O)OC(C)(C)C. The number of hydrogen-bond donors (Lipinski definition) is 1. The first-order valence-electron chi connectivity index (χ1n) is 5.97. The summed E-state index contributed by atoms with van der Waals surface area (Å²) < 4.78 is 10.9. The van der Waals surface area contributed by atoms with Gasteiger partial charge in [-0.25, -0.2) is 4.79 Å². The van der Waals surface area contributed by atoms with Crippen molar-refractivity contribution in [2.45, 2.75) is 58.3 Å². The zero-order valence-electron chi connectivity index (χ0n) is 10.7. The third-order valence-electron chi connectivity index (χ3n) is 2.42. The van der Waals surface area contributed by atoms with E-state index in [4.69, 9.17) is 9.47 Å². The van der Waals surface area contributed by atoms with Crippen LogP contribution in [0.15, 0.2) is 0 Å². The van der Waals surface area contributed by atoms with Crippen molar-refractivity contribution in [3.8, 4) is 0 Å². The van der Waals surface area contributed by atoms with Gasteiger partial charge in [0.2, 0.25) is 0 Å². The van der Waals surface area contributed by atoms with Crippen molar-refractivity contribution < 1.29 is 14.3 Å². The third-order valence-corrected chi connectivity index (χ3v) is 2.42. The largest absolute Gasteiger partial charge is 0.458 e. The van der Waals surface area contributed by atoms with Gasteiger partial charge >= 0.3 is 5.97 Å². The molecule has 1 rings (SSSR count). The fourth-order valence-corrected chi connectivity index (χ4v) is 1.66. The summed E-state index contributed by atoms with van der Waals surface area (Å²) in [6.07, 6.45) is 1.64. The molecule has 1 unspecified atom stereocenters. The van der Waals surface area contributed by atoms with Crippen LogP contribution in [0.5, 0.6) is 0 Å². The first-order valence-corrected chi connectivity index (χ1v) is 5.97. The second-order valence-electron chi connectivity index (χ2n) is 5.26. The summed E-state index contributed by atoms with van der Waals surface area (Å²) in [5, 5.41) is 3.26. The summed E-state index contributed by atoms with van der Waals surface area (Å²) in [6, 6.07) is 0. The van der Waals surface area contributed by atoms with E-state index >= 15 is 0 Å². The molecule has 0 saturated carbocycles. The van der Waals surface area contributed by atoms with Crippen molar-refractivity contribution in [3.63, 3.8) is 0 Å². The summed E-state index contributed by atoms with van der Waals surface area (Å²) in [7, 11) is 0. The lowest BCUT2D eigenvalue weighted by molar-refractivity contribution is -0.171. The molecule has 0 amide bonds. The van der Waals surface area contributed by atoms with Crippen molar-refractivity contribution in [2.75, 3.05) is 13.1 Å². The summed E-state index contributed by atoms with van der Waals surface area (Å²) in [6.45, 7) is 9.28. The Kier molecular flexibility index (Phi) is 4.74. The summed E-state index contributed by atoms with van der Waals surface area (Å²) >= 11 is 0. The van der Waals surface area contributed by atoms with Crippen LogP contribution in [-0.2, 0) is 14.3 Å². The average molecular weight is 229 g/mol.